The number of methoxy groups -OCH3 is 2. The van der Waals surface area contributed by atoms with E-state index in [0.29, 0.717) is 33.4 Å². The average Bonchev–Trinajstić information content (AvgIpc) is 3.21. The molecule has 166 valence electrons. The first-order valence-electron chi connectivity index (χ1n) is 9.94. The van der Waals surface area contributed by atoms with E-state index >= 15 is 0 Å². The Kier molecular flexibility index (Phi) is 7.40. The number of carbonyl (C=O) groups is 1. The van der Waals surface area contributed by atoms with E-state index in [0.717, 1.165) is 25.2 Å². The van der Waals surface area contributed by atoms with Gasteiger partial charge in [0.1, 0.15) is 38.9 Å². The Morgan fingerprint density at radius 1 is 1.00 bits per heavy atom. The molecule has 1 amide bonds. The van der Waals surface area contributed by atoms with Crippen LogP contribution in [0.1, 0.15) is 24.2 Å². The molecule has 1 heterocycles. The van der Waals surface area contributed by atoms with Gasteiger partial charge in [0.2, 0.25) is 0 Å². The third-order valence-electron chi connectivity index (χ3n) is 5.09. The highest BCUT2D eigenvalue weighted by molar-refractivity contribution is 7.22. The van der Waals surface area contributed by atoms with Crippen LogP contribution in [-0.2, 0) is 0 Å². The number of thiazole rings is 1. The summed E-state index contributed by atoms with van der Waals surface area (Å²) in [7, 11) is 3.07. The zero-order valence-electron chi connectivity index (χ0n) is 17.9. The third kappa shape index (κ3) is 4.62. The first-order chi connectivity index (χ1) is 14.9. The molecule has 0 N–H and O–H groups in total. The number of halogens is 2. The number of carbonyl (C=O) groups excluding carboxylic acids is 1. The van der Waals surface area contributed by atoms with Crippen molar-refractivity contribution >= 4 is 32.6 Å². The quantitative estimate of drug-likeness (QED) is 0.479. The highest BCUT2D eigenvalue weighted by Crippen LogP contribution is 2.40. The summed E-state index contributed by atoms with van der Waals surface area (Å²) in [6.07, 6.45) is 0. The molecule has 0 aliphatic rings. The lowest BCUT2D eigenvalue weighted by Gasteiger charge is -2.25. The van der Waals surface area contributed by atoms with E-state index in [4.69, 9.17) is 9.47 Å². The van der Waals surface area contributed by atoms with Crippen molar-refractivity contribution in [1.29, 1.82) is 0 Å². The van der Waals surface area contributed by atoms with E-state index in [1.165, 1.54) is 29.4 Å². The largest absolute Gasteiger partial charge is 0.495 e. The number of benzene rings is 2. The highest BCUT2D eigenvalue weighted by atomic mass is 32.1. The van der Waals surface area contributed by atoms with Crippen LogP contribution in [0.15, 0.2) is 30.3 Å². The van der Waals surface area contributed by atoms with Crippen molar-refractivity contribution in [2.24, 2.45) is 0 Å². The highest BCUT2D eigenvalue weighted by Gasteiger charge is 2.28. The zero-order chi connectivity index (χ0) is 22.5. The minimum Gasteiger partial charge on any atom is -0.495 e. The molecule has 0 radical (unpaired) electrons. The maximum Gasteiger partial charge on any atom is 0.266 e. The van der Waals surface area contributed by atoms with Crippen LogP contribution in [0.25, 0.3) is 10.2 Å². The van der Waals surface area contributed by atoms with Crippen LogP contribution >= 0.6 is 11.3 Å². The molecule has 0 saturated carbocycles. The minimum absolute atomic E-state index is 0.221. The van der Waals surface area contributed by atoms with E-state index in [-0.39, 0.29) is 6.54 Å². The van der Waals surface area contributed by atoms with Gasteiger partial charge in [0, 0.05) is 13.1 Å². The lowest BCUT2D eigenvalue weighted by molar-refractivity contribution is 0.0975. The molecule has 0 aliphatic heterocycles. The van der Waals surface area contributed by atoms with Crippen LogP contribution < -0.4 is 14.4 Å². The SMILES string of the molecule is CCN(CC)CCN(C(=O)c1c(F)cccc1F)c1nc2c(OC)ccc(OC)c2s1. The number of rotatable bonds is 9. The molecule has 0 bridgehead atoms. The van der Waals surface area contributed by atoms with Gasteiger partial charge in [0.05, 0.1) is 14.2 Å². The maximum absolute atomic E-state index is 14.4. The Labute approximate surface area is 184 Å². The second kappa shape index (κ2) is 10.0. The number of hydrogen-bond donors (Lipinski definition) is 0. The number of fused-ring (bicyclic) bond motifs is 1. The second-order valence-electron chi connectivity index (χ2n) is 6.72. The lowest BCUT2D eigenvalue weighted by Crippen LogP contribution is -2.39. The molecule has 3 aromatic rings. The van der Waals surface area contributed by atoms with Crippen LogP contribution in [0.5, 0.6) is 11.5 Å². The number of amides is 1. The summed E-state index contributed by atoms with van der Waals surface area (Å²) in [5, 5.41) is 0.317. The van der Waals surface area contributed by atoms with Crippen molar-refractivity contribution in [3.63, 3.8) is 0 Å². The summed E-state index contributed by atoms with van der Waals surface area (Å²) in [5.41, 5.74) is -0.0725. The molecule has 2 aromatic carbocycles. The molecule has 0 atom stereocenters. The van der Waals surface area contributed by atoms with Gasteiger partial charge >= 0.3 is 0 Å². The summed E-state index contributed by atoms with van der Waals surface area (Å²) >= 11 is 1.21. The second-order valence-corrected chi connectivity index (χ2v) is 7.70. The molecule has 31 heavy (non-hydrogen) atoms. The van der Waals surface area contributed by atoms with Crippen LogP contribution in [0.4, 0.5) is 13.9 Å². The Bertz CT molecular complexity index is 1010. The van der Waals surface area contributed by atoms with E-state index in [9.17, 15) is 13.6 Å². The Hall–Kier alpha value is -2.78. The zero-order valence-corrected chi connectivity index (χ0v) is 18.8. The fourth-order valence-electron chi connectivity index (χ4n) is 3.29. The average molecular weight is 450 g/mol. The summed E-state index contributed by atoms with van der Waals surface area (Å²) in [6.45, 7) is 6.35. The van der Waals surface area contributed by atoms with Gasteiger partial charge in [-0.1, -0.05) is 31.3 Å². The molecule has 0 aliphatic carbocycles. The Morgan fingerprint density at radius 2 is 1.61 bits per heavy atom. The van der Waals surface area contributed by atoms with Crippen molar-refractivity contribution in [2.75, 3.05) is 45.3 Å². The van der Waals surface area contributed by atoms with Gasteiger partial charge in [0.15, 0.2) is 5.13 Å². The van der Waals surface area contributed by atoms with Gasteiger partial charge in [-0.2, -0.15) is 0 Å². The standard InChI is InChI=1S/C22H25F2N3O3S/c1-5-26(6-2)12-13-27(21(28)18-14(23)8-7-9-15(18)24)22-25-19-16(29-3)10-11-17(30-4)20(19)31-22/h7-11H,5-6,12-13H2,1-4H3. The predicted molar refractivity (Wildman–Crippen MR) is 119 cm³/mol. The van der Waals surface area contributed by atoms with Crippen molar-refractivity contribution < 1.29 is 23.0 Å². The maximum atomic E-state index is 14.4. The van der Waals surface area contributed by atoms with Gasteiger partial charge in [-0.25, -0.2) is 13.8 Å². The molecule has 6 nitrogen and oxygen atoms in total. The van der Waals surface area contributed by atoms with Gasteiger partial charge in [-0.3, -0.25) is 9.69 Å². The smallest absolute Gasteiger partial charge is 0.266 e. The van der Waals surface area contributed by atoms with Crippen LogP contribution in [0.2, 0.25) is 0 Å². The minimum atomic E-state index is -0.908. The van der Waals surface area contributed by atoms with Crippen molar-refractivity contribution in [1.82, 2.24) is 9.88 Å². The number of nitrogens with zero attached hydrogens (tertiary/aromatic N) is 3. The Morgan fingerprint density at radius 3 is 2.19 bits per heavy atom. The monoisotopic (exact) mass is 449 g/mol. The van der Waals surface area contributed by atoms with Crippen molar-refractivity contribution in [3.05, 3.63) is 47.5 Å². The van der Waals surface area contributed by atoms with Crippen molar-refractivity contribution in [3.8, 4) is 11.5 Å². The van der Waals surface area contributed by atoms with Crippen LogP contribution in [0, 0.1) is 11.6 Å². The molecule has 0 saturated heterocycles. The van der Waals surface area contributed by atoms with Gasteiger partial charge in [0.25, 0.3) is 5.91 Å². The molecular weight excluding hydrogens is 424 g/mol. The number of anilines is 1. The molecule has 0 fully saturated rings. The van der Waals surface area contributed by atoms with Crippen LogP contribution in [0.3, 0.4) is 0 Å². The molecular formula is C22H25F2N3O3S. The van der Waals surface area contributed by atoms with Crippen LogP contribution in [-0.4, -0.2) is 56.2 Å². The molecule has 9 heteroatoms. The Balaban J connectivity index is 2.11. The third-order valence-corrected chi connectivity index (χ3v) is 6.18. The van der Waals surface area contributed by atoms with E-state index in [1.54, 1.807) is 19.2 Å². The summed E-state index contributed by atoms with van der Waals surface area (Å²) in [6, 6.07) is 6.85. The number of likely N-dealkylation sites (N-methyl/N-ethyl adjacent to an activating group) is 1. The number of hydrogen-bond acceptors (Lipinski definition) is 6. The predicted octanol–water partition coefficient (Wildman–Crippen LogP) is 4.58. The first kappa shape index (κ1) is 22.9. The summed E-state index contributed by atoms with van der Waals surface area (Å²) in [5.74, 6) is -1.50. The molecule has 1 aromatic heterocycles. The van der Waals surface area contributed by atoms with Gasteiger partial charge in [-0.05, 0) is 37.4 Å². The summed E-state index contributed by atoms with van der Waals surface area (Å²) in [4.78, 5) is 21.3. The number of ether oxygens (including phenoxy) is 2. The number of aromatic nitrogens is 1. The lowest BCUT2D eigenvalue weighted by atomic mass is 10.1. The van der Waals surface area contributed by atoms with E-state index in [1.807, 2.05) is 13.8 Å². The fraction of sp³-hybridized carbons (Fsp3) is 0.364. The molecule has 0 spiro atoms. The molecule has 3 rings (SSSR count). The van der Waals surface area contributed by atoms with Crippen molar-refractivity contribution in [2.45, 2.75) is 13.8 Å². The topological polar surface area (TPSA) is 54.9 Å². The summed E-state index contributed by atoms with van der Waals surface area (Å²) < 4.78 is 40.3. The van der Waals surface area contributed by atoms with Gasteiger partial charge in [-0.15, -0.1) is 0 Å². The van der Waals surface area contributed by atoms with E-state index < -0.39 is 23.1 Å². The fourth-order valence-corrected chi connectivity index (χ4v) is 4.39. The normalized spacial score (nSPS) is 11.2. The first-order valence-corrected chi connectivity index (χ1v) is 10.8. The molecule has 0 unspecified atom stereocenters. The van der Waals surface area contributed by atoms with Gasteiger partial charge < -0.3 is 14.4 Å². The van der Waals surface area contributed by atoms with E-state index in [2.05, 4.69) is 9.88 Å².